The number of amides is 3. The number of hydrogen-bond donors (Lipinski definition) is 3. The summed E-state index contributed by atoms with van der Waals surface area (Å²) in [4.78, 5) is 35.4. The minimum Gasteiger partial charge on any atom is -0.365 e. The van der Waals surface area contributed by atoms with E-state index in [1.807, 2.05) is 0 Å². The summed E-state index contributed by atoms with van der Waals surface area (Å²) in [6.45, 7) is 2.24. The van der Waals surface area contributed by atoms with Crippen molar-refractivity contribution in [1.29, 1.82) is 0 Å². The van der Waals surface area contributed by atoms with Gasteiger partial charge in [-0.25, -0.2) is 0 Å². The molecule has 0 saturated carbocycles. The smallest absolute Gasteiger partial charge is 0.256 e. The molecule has 0 bridgehead atoms. The highest BCUT2D eigenvalue weighted by atomic mass is 16.5. The van der Waals surface area contributed by atoms with Gasteiger partial charge in [-0.2, -0.15) is 0 Å². The summed E-state index contributed by atoms with van der Waals surface area (Å²) in [5, 5.41) is 7.70. The van der Waals surface area contributed by atoms with Gasteiger partial charge in [-0.1, -0.05) is 6.07 Å². The van der Waals surface area contributed by atoms with Crippen LogP contribution < -0.4 is 16.0 Å². The molecule has 0 spiro atoms. The van der Waals surface area contributed by atoms with Crippen LogP contribution in [0, 0.1) is 0 Å². The average Bonchev–Trinajstić information content (AvgIpc) is 3.00. The van der Waals surface area contributed by atoms with Gasteiger partial charge in [0.2, 0.25) is 5.91 Å². The van der Waals surface area contributed by atoms with Crippen molar-refractivity contribution in [3.05, 3.63) is 29.8 Å². The molecule has 7 heteroatoms. The maximum atomic E-state index is 12.3. The molecule has 3 amide bonds. The van der Waals surface area contributed by atoms with Crippen molar-refractivity contribution >= 4 is 23.4 Å². The second kappa shape index (κ2) is 7.23. The Bertz CT molecular complexity index is 609. The molecule has 1 aliphatic rings. The molecule has 1 unspecified atom stereocenters. The lowest BCUT2D eigenvalue weighted by atomic mass is 10.0. The molecule has 1 fully saturated rings. The van der Waals surface area contributed by atoms with Crippen molar-refractivity contribution in [2.45, 2.75) is 25.4 Å². The number of anilines is 1. The van der Waals surface area contributed by atoms with E-state index in [2.05, 4.69) is 16.0 Å². The number of carbonyl (C=O) groups is 3. The third kappa shape index (κ3) is 4.29. The number of likely N-dealkylation sites (N-methyl/N-ethyl adjacent to an activating group) is 1. The van der Waals surface area contributed by atoms with E-state index in [1.54, 1.807) is 31.2 Å². The Morgan fingerprint density at radius 2 is 2.09 bits per heavy atom. The summed E-state index contributed by atoms with van der Waals surface area (Å²) in [5.74, 6) is -0.889. The monoisotopic (exact) mass is 319 g/mol. The first-order chi connectivity index (χ1) is 10.9. The molecular formula is C16H21N3O4. The van der Waals surface area contributed by atoms with Crippen molar-refractivity contribution in [3.63, 3.8) is 0 Å². The van der Waals surface area contributed by atoms with Gasteiger partial charge in [0.1, 0.15) is 5.60 Å². The highest BCUT2D eigenvalue weighted by Crippen LogP contribution is 2.26. The van der Waals surface area contributed by atoms with Gasteiger partial charge in [-0.05, 0) is 38.0 Å². The summed E-state index contributed by atoms with van der Waals surface area (Å²) in [5.41, 5.74) is 0.0563. The van der Waals surface area contributed by atoms with Crippen LogP contribution in [0.1, 0.15) is 30.1 Å². The minimum absolute atomic E-state index is 0.0994. The Labute approximate surface area is 134 Å². The van der Waals surface area contributed by atoms with E-state index in [4.69, 9.17) is 4.74 Å². The lowest BCUT2D eigenvalue weighted by molar-refractivity contribution is -0.133. The zero-order valence-corrected chi connectivity index (χ0v) is 13.3. The molecular weight excluding hydrogens is 298 g/mol. The number of hydrogen-bond acceptors (Lipinski definition) is 4. The summed E-state index contributed by atoms with van der Waals surface area (Å²) >= 11 is 0. The number of ether oxygens (including phenoxy) is 1. The van der Waals surface area contributed by atoms with Gasteiger partial charge in [0.15, 0.2) is 0 Å². The fraction of sp³-hybridized carbons (Fsp3) is 0.438. The second-order valence-electron chi connectivity index (χ2n) is 5.57. The van der Waals surface area contributed by atoms with Crippen LogP contribution in [0.25, 0.3) is 0 Å². The topological polar surface area (TPSA) is 96.5 Å². The summed E-state index contributed by atoms with van der Waals surface area (Å²) in [6.07, 6.45) is 1.52. The molecule has 0 aromatic heterocycles. The quantitative estimate of drug-likeness (QED) is 0.743. The van der Waals surface area contributed by atoms with Gasteiger partial charge in [-0.3, -0.25) is 14.4 Å². The van der Waals surface area contributed by atoms with E-state index >= 15 is 0 Å². The van der Waals surface area contributed by atoms with Crippen LogP contribution in [0.4, 0.5) is 5.69 Å². The van der Waals surface area contributed by atoms with Crippen LogP contribution in [-0.4, -0.2) is 43.5 Å². The Hall–Kier alpha value is -2.41. The molecule has 1 heterocycles. The standard InChI is InChI=1S/C16H21N3O4/c1-16(7-4-8-23-16)15(22)19-12-6-3-5-11(9-12)14(21)18-10-13(20)17-2/h3,5-6,9H,4,7-8,10H2,1-2H3,(H,17,20)(H,18,21)(H,19,22). The van der Waals surface area contributed by atoms with Crippen LogP contribution in [0.5, 0.6) is 0 Å². The van der Waals surface area contributed by atoms with Crippen LogP contribution in [0.15, 0.2) is 24.3 Å². The maximum Gasteiger partial charge on any atom is 0.256 e. The second-order valence-corrected chi connectivity index (χ2v) is 5.57. The largest absolute Gasteiger partial charge is 0.365 e. The number of nitrogens with one attached hydrogen (secondary N) is 3. The molecule has 1 saturated heterocycles. The molecule has 0 radical (unpaired) electrons. The number of carbonyl (C=O) groups excluding carboxylic acids is 3. The molecule has 2 rings (SSSR count). The highest BCUT2D eigenvalue weighted by molar-refractivity contribution is 6.00. The number of rotatable bonds is 5. The summed E-state index contributed by atoms with van der Waals surface area (Å²) < 4.78 is 5.49. The first-order valence-corrected chi connectivity index (χ1v) is 7.49. The van der Waals surface area contributed by atoms with Crippen molar-refractivity contribution in [2.75, 3.05) is 25.5 Å². The van der Waals surface area contributed by atoms with Crippen LogP contribution in [-0.2, 0) is 14.3 Å². The van der Waals surface area contributed by atoms with E-state index < -0.39 is 5.60 Å². The fourth-order valence-corrected chi connectivity index (χ4v) is 2.31. The zero-order valence-electron chi connectivity index (χ0n) is 13.3. The highest BCUT2D eigenvalue weighted by Gasteiger charge is 2.37. The lowest BCUT2D eigenvalue weighted by Gasteiger charge is -2.22. The van der Waals surface area contributed by atoms with Gasteiger partial charge in [0.25, 0.3) is 11.8 Å². The molecule has 1 atom stereocenters. The first-order valence-electron chi connectivity index (χ1n) is 7.49. The first kappa shape index (κ1) is 17.0. The molecule has 7 nitrogen and oxygen atoms in total. The molecule has 124 valence electrons. The molecule has 0 aliphatic carbocycles. The van der Waals surface area contributed by atoms with E-state index in [1.165, 1.54) is 7.05 Å². The van der Waals surface area contributed by atoms with Gasteiger partial charge >= 0.3 is 0 Å². The predicted octanol–water partition coefficient (Wildman–Crippen LogP) is 0.670. The van der Waals surface area contributed by atoms with E-state index in [9.17, 15) is 14.4 Å². The molecule has 3 N–H and O–H groups in total. The van der Waals surface area contributed by atoms with Gasteiger partial charge in [0.05, 0.1) is 6.54 Å². The van der Waals surface area contributed by atoms with Crippen LogP contribution in [0.3, 0.4) is 0 Å². The van der Waals surface area contributed by atoms with Crippen LogP contribution in [0.2, 0.25) is 0 Å². The fourth-order valence-electron chi connectivity index (χ4n) is 2.31. The molecule has 1 aromatic rings. The summed E-state index contributed by atoms with van der Waals surface area (Å²) in [7, 11) is 1.50. The van der Waals surface area contributed by atoms with Gasteiger partial charge < -0.3 is 20.7 Å². The van der Waals surface area contributed by atoms with E-state index in [0.717, 1.165) is 6.42 Å². The van der Waals surface area contributed by atoms with Crippen LogP contribution >= 0.6 is 0 Å². The average molecular weight is 319 g/mol. The van der Waals surface area contributed by atoms with Gasteiger partial charge in [0, 0.05) is 24.9 Å². The SMILES string of the molecule is CNC(=O)CNC(=O)c1cccc(NC(=O)C2(C)CCCO2)c1. The normalized spacial score (nSPS) is 19.9. The Morgan fingerprint density at radius 1 is 1.30 bits per heavy atom. The Morgan fingerprint density at radius 3 is 2.74 bits per heavy atom. The Kier molecular flexibility index (Phi) is 5.33. The van der Waals surface area contributed by atoms with Gasteiger partial charge in [-0.15, -0.1) is 0 Å². The maximum absolute atomic E-state index is 12.3. The predicted molar refractivity (Wildman–Crippen MR) is 85.1 cm³/mol. The number of benzene rings is 1. The van der Waals surface area contributed by atoms with Crippen molar-refractivity contribution < 1.29 is 19.1 Å². The molecule has 23 heavy (non-hydrogen) atoms. The third-order valence-corrected chi connectivity index (χ3v) is 3.77. The zero-order chi connectivity index (χ0) is 16.9. The molecule has 1 aromatic carbocycles. The summed E-state index contributed by atoms with van der Waals surface area (Å²) in [6, 6.07) is 6.55. The van der Waals surface area contributed by atoms with E-state index in [-0.39, 0.29) is 24.3 Å². The van der Waals surface area contributed by atoms with Crippen molar-refractivity contribution in [2.24, 2.45) is 0 Å². The third-order valence-electron chi connectivity index (χ3n) is 3.77. The lowest BCUT2D eigenvalue weighted by Crippen LogP contribution is -2.39. The minimum atomic E-state index is -0.822. The molecule has 1 aliphatic heterocycles. The Balaban J connectivity index is 2.00. The van der Waals surface area contributed by atoms with E-state index in [0.29, 0.717) is 24.3 Å². The van der Waals surface area contributed by atoms with Crippen molar-refractivity contribution in [3.8, 4) is 0 Å². The van der Waals surface area contributed by atoms with Crippen molar-refractivity contribution in [1.82, 2.24) is 10.6 Å².